The molecule has 0 aromatic heterocycles. The molecular weight excluding hydrogens is 212 g/mol. The van der Waals surface area contributed by atoms with Crippen molar-refractivity contribution in [2.24, 2.45) is 0 Å². The molecule has 0 saturated carbocycles. The average Bonchev–Trinajstić information content (AvgIpc) is 2.12. The van der Waals surface area contributed by atoms with Crippen LogP contribution in [0.1, 0.15) is 50.3 Å². The van der Waals surface area contributed by atoms with Gasteiger partial charge in [-0.2, -0.15) is 0 Å². The summed E-state index contributed by atoms with van der Waals surface area (Å²) in [4.78, 5) is 12.0. The van der Waals surface area contributed by atoms with Crippen LogP contribution >= 0.6 is 0 Å². The van der Waals surface area contributed by atoms with Crippen molar-refractivity contribution in [2.45, 2.75) is 53.1 Å². The second-order valence-electron chi connectivity index (χ2n) is 5.68. The highest BCUT2D eigenvalue weighted by Gasteiger charge is 2.23. The summed E-state index contributed by atoms with van der Waals surface area (Å²) in [6.45, 7) is 11.6. The molecule has 94 valence electrons. The fourth-order valence-electron chi connectivity index (χ4n) is 1.79. The standard InChI is InChI=1S/C15H22O2/c1-10-7-11(2)9-13(8-10)12(3)14(16)17-15(4,5)6/h7-9,12H,1-6H3. The molecule has 2 heteroatoms. The number of carbonyl (C=O) groups excluding carboxylic acids is 1. The van der Waals surface area contributed by atoms with Crippen molar-refractivity contribution in [3.63, 3.8) is 0 Å². The van der Waals surface area contributed by atoms with E-state index >= 15 is 0 Å². The Labute approximate surface area is 104 Å². The van der Waals surface area contributed by atoms with Crippen molar-refractivity contribution in [3.8, 4) is 0 Å². The summed E-state index contributed by atoms with van der Waals surface area (Å²) in [6, 6.07) is 6.19. The summed E-state index contributed by atoms with van der Waals surface area (Å²) in [5, 5.41) is 0. The molecule has 0 aliphatic rings. The number of benzene rings is 1. The van der Waals surface area contributed by atoms with Gasteiger partial charge in [0.2, 0.25) is 0 Å². The maximum Gasteiger partial charge on any atom is 0.313 e. The quantitative estimate of drug-likeness (QED) is 0.728. The summed E-state index contributed by atoms with van der Waals surface area (Å²) in [5.41, 5.74) is 2.95. The molecule has 1 atom stereocenters. The van der Waals surface area contributed by atoms with Gasteiger partial charge in [-0.25, -0.2) is 0 Å². The first-order valence-electron chi connectivity index (χ1n) is 6.00. The van der Waals surface area contributed by atoms with Gasteiger partial charge in [0.05, 0.1) is 5.92 Å². The predicted molar refractivity (Wildman–Crippen MR) is 70.2 cm³/mol. The van der Waals surface area contributed by atoms with E-state index in [1.54, 1.807) is 0 Å². The largest absolute Gasteiger partial charge is 0.460 e. The van der Waals surface area contributed by atoms with Gasteiger partial charge < -0.3 is 4.74 Å². The van der Waals surface area contributed by atoms with Crippen LogP contribution < -0.4 is 0 Å². The van der Waals surface area contributed by atoms with Crippen molar-refractivity contribution < 1.29 is 9.53 Å². The fraction of sp³-hybridized carbons (Fsp3) is 0.533. The van der Waals surface area contributed by atoms with Crippen LogP contribution in [0.25, 0.3) is 0 Å². The van der Waals surface area contributed by atoms with Gasteiger partial charge in [-0.3, -0.25) is 4.79 Å². The van der Waals surface area contributed by atoms with E-state index in [0.29, 0.717) is 0 Å². The molecule has 0 N–H and O–H groups in total. The molecule has 17 heavy (non-hydrogen) atoms. The van der Waals surface area contributed by atoms with Gasteiger partial charge in [0, 0.05) is 0 Å². The Balaban J connectivity index is 2.89. The monoisotopic (exact) mass is 234 g/mol. The van der Waals surface area contributed by atoms with Crippen LogP contribution in [0.4, 0.5) is 0 Å². The molecule has 0 bridgehead atoms. The molecular formula is C15H22O2. The van der Waals surface area contributed by atoms with Crippen molar-refractivity contribution in [2.75, 3.05) is 0 Å². The van der Waals surface area contributed by atoms with Gasteiger partial charge in [-0.1, -0.05) is 29.3 Å². The second kappa shape index (κ2) is 4.91. The molecule has 1 aromatic carbocycles. The van der Waals surface area contributed by atoms with Crippen LogP contribution in [0.5, 0.6) is 0 Å². The third kappa shape index (κ3) is 4.22. The van der Waals surface area contributed by atoms with E-state index in [-0.39, 0.29) is 11.9 Å². The van der Waals surface area contributed by atoms with E-state index < -0.39 is 5.60 Å². The maximum absolute atomic E-state index is 12.0. The molecule has 0 saturated heterocycles. The topological polar surface area (TPSA) is 26.3 Å². The van der Waals surface area contributed by atoms with E-state index in [0.717, 1.165) is 5.56 Å². The number of hydrogen-bond donors (Lipinski definition) is 0. The summed E-state index contributed by atoms with van der Waals surface area (Å²) in [7, 11) is 0. The zero-order valence-electron chi connectivity index (χ0n) is 11.6. The van der Waals surface area contributed by atoms with Crippen molar-refractivity contribution in [3.05, 3.63) is 34.9 Å². The Morgan fingerprint density at radius 3 is 2.00 bits per heavy atom. The number of carbonyl (C=O) groups is 1. The molecule has 0 spiro atoms. The van der Waals surface area contributed by atoms with E-state index in [1.807, 2.05) is 53.7 Å². The molecule has 0 fully saturated rings. The highest BCUT2D eigenvalue weighted by molar-refractivity contribution is 5.78. The first-order valence-corrected chi connectivity index (χ1v) is 6.00. The van der Waals surface area contributed by atoms with Gasteiger partial charge in [-0.15, -0.1) is 0 Å². The smallest absolute Gasteiger partial charge is 0.313 e. The van der Waals surface area contributed by atoms with Gasteiger partial charge in [0.15, 0.2) is 0 Å². The minimum absolute atomic E-state index is 0.164. The summed E-state index contributed by atoms with van der Waals surface area (Å²) in [5.74, 6) is -0.379. The lowest BCUT2D eigenvalue weighted by molar-refractivity contribution is -0.156. The van der Waals surface area contributed by atoms with Crippen molar-refractivity contribution in [1.82, 2.24) is 0 Å². The lowest BCUT2D eigenvalue weighted by Gasteiger charge is -2.22. The molecule has 0 aliphatic heterocycles. The zero-order chi connectivity index (χ0) is 13.2. The SMILES string of the molecule is Cc1cc(C)cc(C(C)C(=O)OC(C)(C)C)c1. The summed E-state index contributed by atoms with van der Waals surface area (Å²) < 4.78 is 5.39. The lowest BCUT2D eigenvalue weighted by atomic mass is 9.97. The molecule has 0 aliphatic carbocycles. The van der Waals surface area contributed by atoms with Crippen LogP contribution in [0, 0.1) is 13.8 Å². The van der Waals surface area contributed by atoms with Gasteiger partial charge in [0.25, 0.3) is 0 Å². The highest BCUT2D eigenvalue weighted by Crippen LogP contribution is 2.22. The predicted octanol–water partition coefficient (Wildman–Crippen LogP) is 3.75. The molecule has 0 heterocycles. The van der Waals surface area contributed by atoms with Crippen LogP contribution in [0.15, 0.2) is 18.2 Å². The Morgan fingerprint density at radius 1 is 1.12 bits per heavy atom. The molecule has 1 aromatic rings. The Morgan fingerprint density at radius 2 is 1.59 bits per heavy atom. The zero-order valence-corrected chi connectivity index (χ0v) is 11.6. The van der Waals surface area contributed by atoms with Crippen LogP contribution in [0.3, 0.4) is 0 Å². The average molecular weight is 234 g/mol. The molecule has 0 amide bonds. The van der Waals surface area contributed by atoms with Gasteiger partial charge in [0.1, 0.15) is 5.60 Å². The van der Waals surface area contributed by atoms with Crippen molar-refractivity contribution >= 4 is 5.97 Å². The highest BCUT2D eigenvalue weighted by atomic mass is 16.6. The minimum atomic E-state index is -0.426. The number of hydrogen-bond acceptors (Lipinski definition) is 2. The first kappa shape index (κ1) is 13.8. The third-order valence-corrected chi connectivity index (χ3v) is 2.50. The first-order chi connectivity index (χ1) is 7.69. The summed E-state index contributed by atoms with van der Waals surface area (Å²) >= 11 is 0. The van der Waals surface area contributed by atoms with Gasteiger partial charge >= 0.3 is 5.97 Å². The fourth-order valence-corrected chi connectivity index (χ4v) is 1.79. The second-order valence-corrected chi connectivity index (χ2v) is 5.68. The number of rotatable bonds is 2. The Hall–Kier alpha value is -1.31. The normalized spacial score (nSPS) is 13.3. The van der Waals surface area contributed by atoms with Crippen LogP contribution in [-0.2, 0) is 9.53 Å². The van der Waals surface area contributed by atoms with Crippen LogP contribution in [-0.4, -0.2) is 11.6 Å². The number of ether oxygens (including phenoxy) is 1. The van der Waals surface area contributed by atoms with E-state index in [9.17, 15) is 4.79 Å². The van der Waals surface area contributed by atoms with Crippen LogP contribution in [0.2, 0.25) is 0 Å². The minimum Gasteiger partial charge on any atom is -0.460 e. The number of esters is 1. The maximum atomic E-state index is 12.0. The van der Waals surface area contributed by atoms with E-state index in [2.05, 4.69) is 6.07 Å². The molecule has 1 rings (SSSR count). The molecule has 2 nitrogen and oxygen atoms in total. The lowest BCUT2D eigenvalue weighted by Crippen LogP contribution is -2.26. The van der Waals surface area contributed by atoms with Gasteiger partial charge in [-0.05, 0) is 47.1 Å². The third-order valence-electron chi connectivity index (χ3n) is 2.50. The Bertz CT molecular complexity index is 393. The summed E-state index contributed by atoms with van der Waals surface area (Å²) in [6.07, 6.45) is 0. The van der Waals surface area contributed by atoms with E-state index in [4.69, 9.17) is 4.74 Å². The molecule has 1 unspecified atom stereocenters. The van der Waals surface area contributed by atoms with E-state index in [1.165, 1.54) is 11.1 Å². The number of aryl methyl sites for hydroxylation is 2. The molecule has 0 radical (unpaired) electrons. The Kier molecular flexibility index (Phi) is 3.97. The van der Waals surface area contributed by atoms with Crippen molar-refractivity contribution in [1.29, 1.82) is 0 Å².